The maximum absolute atomic E-state index is 13.9. The van der Waals surface area contributed by atoms with E-state index in [1.807, 2.05) is 129 Å². The van der Waals surface area contributed by atoms with Crippen LogP contribution in [0.15, 0.2) is 204 Å². The third-order valence-corrected chi connectivity index (χ3v) is 21.7. The molecule has 7 atom stereocenters. The number of fused-ring (bicyclic) bond motifs is 10. The second-order valence-corrected chi connectivity index (χ2v) is 31.4. The van der Waals surface area contributed by atoms with E-state index in [0.29, 0.717) is 104 Å². The Kier molecular flexibility index (Phi) is 25.1. The summed E-state index contributed by atoms with van der Waals surface area (Å²) in [5.41, 5.74) is 18.5. The molecule has 4 aromatic carbocycles. The number of hydrogen-bond donors (Lipinski definition) is 11. The number of para-hydroxylation sites is 1. The van der Waals surface area contributed by atoms with Crippen molar-refractivity contribution in [1.29, 1.82) is 0 Å². The number of anilines is 5. The number of halogens is 3. The molecule has 0 aliphatic carbocycles. The van der Waals surface area contributed by atoms with Crippen molar-refractivity contribution >= 4 is 91.3 Å². The largest absolute Gasteiger partial charge is 0.491 e. The van der Waals surface area contributed by atoms with E-state index in [9.17, 15) is 13.2 Å². The van der Waals surface area contributed by atoms with Gasteiger partial charge in [0.05, 0.1) is 96.5 Å². The molecule has 0 fully saturated rings. The fourth-order valence-electron chi connectivity index (χ4n) is 15.0. The summed E-state index contributed by atoms with van der Waals surface area (Å²) in [7, 11) is 0. The molecule has 11 aromatic heterocycles. The van der Waals surface area contributed by atoms with Crippen LogP contribution in [0, 0.1) is 31.3 Å². The van der Waals surface area contributed by atoms with E-state index in [4.69, 9.17) is 43.6 Å². The van der Waals surface area contributed by atoms with Gasteiger partial charge >= 0.3 is 0 Å². The molecule has 34 heteroatoms. The van der Waals surface area contributed by atoms with Gasteiger partial charge in [0.1, 0.15) is 119 Å². The van der Waals surface area contributed by atoms with Gasteiger partial charge in [0.2, 0.25) is 0 Å². The van der Waals surface area contributed by atoms with E-state index >= 15 is 0 Å². The molecule has 127 heavy (non-hydrogen) atoms. The Bertz CT molecular complexity index is 6640. The Morgan fingerprint density at radius 1 is 0.417 bits per heavy atom. The minimum absolute atomic E-state index is 0.0113. The van der Waals surface area contributed by atoms with E-state index in [1.54, 1.807) is 73.4 Å². The van der Waals surface area contributed by atoms with Gasteiger partial charge in [0.25, 0.3) is 0 Å². The maximum Gasteiger partial charge on any atom is 0.166 e. The molecule has 0 saturated heterocycles. The molecule has 0 saturated carbocycles. The van der Waals surface area contributed by atoms with Gasteiger partial charge in [-0.2, -0.15) is 20.4 Å². The fourth-order valence-corrected chi connectivity index (χ4v) is 15.0. The average Bonchev–Trinajstić information content (AvgIpc) is 1.55. The van der Waals surface area contributed by atoms with E-state index in [2.05, 4.69) is 139 Å². The summed E-state index contributed by atoms with van der Waals surface area (Å²) in [5.74, 6) is 6.27. The van der Waals surface area contributed by atoms with Crippen LogP contribution in [0.2, 0.25) is 0 Å². The van der Waals surface area contributed by atoms with Crippen molar-refractivity contribution < 1.29 is 36.9 Å². The highest BCUT2D eigenvalue weighted by atomic mass is 19.1. The van der Waals surface area contributed by atoms with Crippen molar-refractivity contribution in [1.82, 2.24) is 105 Å². The molecule has 0 radical (unpaired) electrons. The summed E-state index contributed by atoms with van der Waals surface area (Å²) in [6.45, 7) is 42.6. The highest BCUT2D eigenvalue weighted by Crippen LogP contribution is 2.37. The molecule has 652 valence electrons. The Labute approximate surface area is 730 Å². The van der Waals surface area contributed by atoms with Crippen molar-refractivity contribution in [3.8, 4) is 28.7 Å². The Hall–Kier alpha value is -15.4. The molecule has 10 bridgehead atoms. The first-order chi connectivity index (χ1) is 61.4. The Morgan fingerprint density at radius 2 is 0.913 bits per heavy atom. The molecule has 0 amide bonds. The van der Waals surface area contributed by atoms with Crippen molar-refractivity contribution in [2.45, 2.75) is 111 Å². The number of H-pyrrole nitrogens is 1. The van der Waals surface area contributed by atoms with Gasteiger partial charge in [-0.25, -0.2) is 61.1 Å². The van der Waals surface area contributed by atoms with Gasteiger partial charge in [-0.3, -0.25) is 4.98 Å². The summed E-state index contributed by atoms with van der Waals surface area (Å²) in [5, 5.41) is 50.6. The average molecular weight is 1720 g/mol. The quantitative estimate of drug-likeness (QED) is 0.0672. The van der Waals surface area contributed by atoms with Crippen molar-refractivity contribution in [3.05, 3.63) is 289 Å². The number of pyridine rings is 1. The molecule has 15 aromatic rings. The summed E-state index contributed by atoms with van der Waals surface area (Å²) in [4.78, 5) is 35.6. The summed E-state index contributed by atoms with van der Waals surface area (Å²) >= 11 is 0. The lowest BCUT2D eigenvalue weighted by atomic mass is 10.1. The first kappa shape index (κ1) is 85.2. The topological polar surface area (TPSA) is 342 Å². The minimum Gasteiger partial charge on any atom is -0.491 e. The zero-order valence-corrected chi connectivity index (χ0v) is 71.8. The van der Waals surface area contributed by atoms with E-state index in [1.165, 1.54) is 36.4 Å². The van der Waals surface area contributed by atoms with Crippen molar-refractivity contribution in [2.75, 3.05) is 72.6 Å². The molecule has 0 spiro atoms. The second kappa shape index (κ2) is 37.4. The normalized spacial score (nSPS) is 18.6. The summed E-state index contributed by atoms with van der Waals surface area (Å²) < 4.78 is 78.1. The SMILES string of the molecule is C=C1NCCOc2ccc(F)cc2[C@@H](C)Nc2nc3c1cnn3cc2C.C=C1NCCOc2ccccc2C(C)Nc2cnc3[nH]cc1c3n2.C=C1NC[C@H](C)Oc2ccc(F)cc2[C@@H](C)Nc2nc3c1cnn3cc2C.C=C1NC[C@H](C)Oc2cccnc2[C@@H](C)Nc2ccn3ncc1c3n2.C=C1N[C@@H](C)COc2ccc(F)cc2CNc2ccn3ncc1c3n2. The van der Waals surface area contributed by atoms with Gasteiger partial charge in [0, 0.05) is 124 Å². The van der Waals surface area contributed by atoms with Crippen LogP contribution in [0.3, 0.4) is 0 Å². The summed E-state index contributed by atoms with van der Waals surface area (Å²) in [6, 6.07) is 28.9. The standard InChI is InChI=1S/C20H22FN5O.C19H20FN5O.C18H18FN5O.C18H20N6O.C18H19N5O/c1-11-10-26-20-17(9-23-26)13(3)22-8-12(2)27-18-6-5-15(21)7-16(18)14(4)24-19(11)25-20;1-11-10-25-19-16(9-22-25)12(2)21-6-7-26-17-5-4-14(20)8-15(17)13(3)23-18(11)24-19;1-11-10-25-16-4-3-14(19)7-13(16)8-20-17-5-6-24-18(23-17)15(9-21-24)12(2)22-11;1-11-9-20-12(2)14-10-21-24-8-6-16(23-18(14)24)22-13(3)17-15(25-11)5-4-7-19-17;1-11-14-9-20-18-17(14)23-16(10-21-18)22-12(2)13-5-3-4-6-15(13)24-8-7-19-11/h5-7,9-10,12,14,22H,3,8H2,1-2,4H3,(H,24,25);4-5,8-10,13,21H,2,6-7H2,1,3H3,(H,23,24);3-7,9,11,22H,2,8,10H2,1H3,(H,20,23);4-8,10-11,13,20H,2,9H2,1,3H3,(H,22,23);3-6,9-10,12,19H,1,7-8H2,2H3,(H,20,21)(H,22,23)/t12-,14+;13-;11-;11-,13+;/m0100./s1. The second-order valence-electron chi connectivity index (χ2n) is 31.4. The zero-order valence-electron chi connectivity index (χ0n) is 71.8. The molecule has 20 rings (SSSR count). The first-order valence-electron chi connectivity index (χ1n) is 41.7. The zero-order chi connectivity index (χ0) is 88.7. The highest BCUT2D eigenvalue weighted by molar-refractivity contribution is 5.87. The number of aromatic nitrogens is 16. The van der Waals surface area contributed by atoms with Crippen LogP contribution in [0.4, 0.5) is 42.3 Å². The molecule has 1 unspecified atom stereocenters. The van der Waals surface area contributed by atoms with Gasteiger partial charge in [-0.1, -0.05) is 51.1 Å². The number of rotatable bonds is 0. The predicted molar refractivity (Wildman–Crippen MR) is 487 cm³/mol. The van der Waals surface area contributed by atoms with Crippen LogP contribution in [0.1, 0.15) is 140 Å². The molecule has 16 heterocycles. The molecular weight excluding hydrogens is 1620 g/mol. The molecule has 5 aliphatic heterocycles. The third kappa shape index (κ3) is 19.4. The highest BCUT2D eigenvalue weighted by Gasteiger charge is 2.26. The van der Waals surface area contributed by atoms with E-state index in [0.717, 1.165) is 135 Å². The number of ether oxygens (including phenoxy) is 5. The maximum atomic E-state index is 13.9. The number of hydrogen-bond acceptors (Lipinski definition) is 26. The van der Waals surface area contributed by atoms with Gasteiger partial charge in [0.15, 0.2) is 28.2 Å². The van der Waals surface area contributed by atoms with Crippen LogP contribution < -0.4 is 76.9 Å². The number of benzene rings is 4. The molecule has 11 N–H and O–H groups in total. The number of aryl methyl sites for hydroxylation is 2. The lowest BCUT2D eigenvalue weighted by Crippen LogP contribution is -2.30. The molecular formula is C93H99F3N26O5. The van der Waals surface area contributed by atoms with Gasteiger partial charge in [-0.15, -0.1) is 0 Å². The van der Waals surface area contributed by atoms with Gasteiger partial charge < -0.3 is 81.8 Å². The Balaban J connectivity index is 0.000000117. The molecule has 31 nitrogen and oxygen atoms in total. The monoisotopic (exact) mass is 1720 g/mol. The molecule has 5 aliphatic rings. The number of nitrogens with one attached hydrogen (secondary N) is 11. The lowest BCUT2D eigenvalue weighted by molar-refractivity contribution is 0.219. The van der Waals surface area contributed by atoms with Crippen LogP contribution in [-0.2, 0) is 6.54 Å². The van der Waals surface area contributed by atoms with Crippen LogP contribution in [0.5, 0.6) is 28.7 Å². The van der Waals surface area contributed by atoms with Gasteiger partial charge in [-0.05, 0) is 147 Å². The number of nitrogens with zero attached hydrogens (tertiary/aromatic N) is 15. The van der Waals surface area contributed by atoms with E-state index < -0.39 is 0 Å². The third-order valence-electron chi connectivity index (χ3n) is 21.7. The summed E-state index contributed by atoms with van der Waals surface area (Å²) in [6.07, 6.45) is 19.7. The smallest absolute Gasteiger partial charge is 0.166 e. The Morgan fingerprint density at radius 3 is 1.54 bits per heavy atom. The number of aromatic amines is 1. The van der Waals surface area contributed by atoms with E-state index in [-0.39, 0.29) is 59.9 Å². The minimum atomic E-state index is -0.298. The first-order valence-corrected chi connectivity index (χ1v) is 41.7. The van der Waals surface area contributed by atoms with Crippen LogP contribution in [-0.4, -0.2) is 143 Å². The van der Waals surface area contributed by atoms with Crippen molar-refractivity contribution in [2.24, 2.45) is 0 Å². The van der Waals surface area contributed by atoms with Crippen LogP contribution in [0.25, 0.3) is 62.2 Å². The van der Waals surface area contributed by atoms with Crippen molar-refractivity contribution in [3.63, 3.8) is 0 Å². The van der Waals surface area contributed by atoms with Crippen LogP contribution >= 0.6 is 0 Å². The predicted octanol–water partition coefficient (Wildman–Crippen LogP) is 15.5. The lowest BCUT2D eigenvalue weighted by Gasteiger charge is -2.22. The fraction of sp³-hybridized carbons (Fsp3) is 0.258.